The van der Waals surface area contributed by atoms with Crippen LogP contribution in [0.3, 0.4) is 0 Å². The first kappa shape index (κ1) is 9.68. The summed E-state index contributed by atoms with van der Waals surface area (Å²) in [5, 5.41) is 2.43. The summed E-state index contributed by atoms with van der Waals surface area (Å²) in [6.45, 7) is 6.24. The topological polar surface area (TPSA) is 55.4 Å². The van der Waals surface area contributed by atoms with Crippen molar-refractivity contribution in [1.29, 1.82) is 0 Å². The second-order valence-corrected chi connectivity index (χ2v) is 2.04. The first-order chi connectivity index (χ1) is 5.02. The fraction of sp³-hybridized carbons (Fsp3) is 0.429. The van der Waals surface area contributed by atoms with Crippen LogP contribution in [-0.2, 0) is 14.3 Å². The largest absolute Gasteiger partial charge is 0.430 e. The van der Waals surface area contributed by atoms with Gasteiger partial charge >= 0.3 is 5.97 Å². The molecule has 0 fully saturated rings. The third kappa shape index (κ3) is 6.57. The monoisotopic (exact) mass is 157 g/mol. The van der Waals surface area contributed by atoms with E-state index < -0.39 is 5.97 Å². The molecule has 0 saturated heterocycles. The van der Waals surface area contributed by atoms with E-state index in [1.807, 2.05) is 0 Å². The second-order valence-electron chi connectivity index (χ2n) is 2.04. The van der Waals surface area contributed by atoms with Crippen molar-refractivity contribution in [1.82, 2.24) is 5.32 Å². The average molecular weight is 157 g/mol. The smallest absolute Gasteiger partial charge is 0.307 e. The Labute approximate surface area is 65.2 Å². The van der Waals surface area contributed by atoms with Crippen LogP contribution >= 0.6 is 0 Å². The molecule has 0 spiro atoms. The number of carbonyl (C=O) groups excluding carboxylic acids is 2. The van der Waals surface area contributed by atoms with Crippen molar-refractivity contribution in [2.75, 3.05) is 6.54 Å². The van der Waals surface area contributed by atoms with Gasteiger partial charge in [0.05, 0.1) is 6.54 Å². The van der Waals surface area contributed by atoms with Crippen LogP contribution in [0.4, 0.5) is 0 Å². The van der Waals surface area contributed by atoms with Crippen LogP contribution in [0.25, 0.3) is 0 Å². The molecule has 0 aromatic carbocycles. The molecule has 0 aromatic rings. The molecule has 1 N–H and O–H groups in total. The number of ether oxygens (including phenoxy) is 1. The summed E-state index contributed by atoms with van der Waals surface area (Å²) in [7, 11) is 0. The maximum atomic E-state index is 10.3. The van der Waals surface area contributed by atoms with Gasteiger partial charge in [0.2, 0.25) is 5.91 Å². The molecule has 0 aromatic heterocycles. The number of hydrogen-bond acceptors (Lipinski definition) is 3. The van der Waals surface area contributed by atoms with Gasteiger partial charge in [-0.25, -0.2) is 0 Å². The predicted octanol–water partition coefficient (Wildman–Crippen LogP) is 0.199. The van der Waals surface area contributed by atoms with Crippen LogP contribution in [0.1, 0.15) is 13.8 Å². The van der Waals surface area contributed by atoms with Crippen molar-refractivity contribution < 1.29 is 14.3 Å². The highest BCUT2D eigenvalue weighted by Gasteiger charge is 1.98. The van der Waals surface area contributed by atoms with E-state index in [1.165, 1.54) is 13.8 Å². The van der Waals surface area contributed by atoms with E-state index in [0.29, 0.717) is 0 Å². The Morgan fingerprint density at radius 3 is 2.36 bits per heavy atom. The quantitative estimate of drug-likeness (QED) is 0.470. The minimum Gasteiger partial charge on any atom is -0.430 e. The van der Waals surface area contributed by atoms with Gasteiger partial charge in [-0.3, -0.25) is 9.59 Å². The Kier molecular flexibility index (Phi) is 3.95. The highest BCUT2D eigenvalue weighted by Crippen LogP contribution is 1.90. The zero-order valence-corrected chi connectivity index (χ0v) is 6.64. The van der Waals surface area contributed by atoms with Crippen molar-refractivity contribution in [2.24, 2.45) is 0 Å². The van der Waals surface area contributed by atoms with Crippen molar-refractivity contribution in [3.05, 3.63) is 12.3 Å². The number of esters is 1. The molecule has 0 radical (unpaired) electrons. The lowest BCUT2D eigenvalue weighted by atomic mass is 10.5. The van der Waals surface area contributed by atoms with Crippen LogP contribution in [0.2, 0.25) is 0 Å². The lowest BCUT2D eigenvalue weighted by Gasteiger charge is -2.04. The molecule has 0 saturated carbocycles. The normalized spacial score (nSPS) is 8.55. The molecule has 1 amide bonds. The first-order valence-corrected chi connectivity index (χ1v) is 3.13. The SMILES string of the molecule is C=C(CNC(C)=O)OC(C)=O. The molecular formula is C7H11NO3. The van der Waals surface area contributed by atoms with Gasteiger partial charge in [0.15, 0.2) is 0 Å². The minimum absolute atomic E-state index is 0.176. The number of carbonyl (C=O) groups is 2. The van der Waals surface area contributed by atoms with Crippen molar-refractivity contribution in [3.8, 4) is 0 Å². The maximum Gasteiger partial charge on any atom is 0.307 e. The van der Waals surface area contributed by atoms with E-state index in [2.05, 4.69) is 16.6 Å². The molecule has 0 atom stereocenters. The van der Waals surface area contributed by atoms with E-state index in [0.717, 1.165) is 0 Å². The molecule has 0 rings (SSSR count). The van der Waals surface area contributed by atoms with Crippen molar-refractivity contribution in [3.63, 3.8) is 0 Å². The molecule has 0 aliphatic heterocycles. The Hall–Kier alpha value is -1.32. The van der Waals surface area contributed by atoms with Gasteiger partial charge < -0.3 is 10.1 Å². The van der Waals surface area contributed by atoms with Gasteiger partial charge in [-0.1, -0.05) is 6.58 Å². The molecule has 0 aliphatic rings. The van der Waals surface area contributed by atoms with Gasteiger partial charge in [-0.15, -0.1) is 0 Å². The molecule has 4 nitrogen and oxygen atoms in total. The second kappa shape index (κ2) is 4.49. The standard InChI is InChI=1S/C7H11NO3/c1-5(11-7(3)10)4-8-6(2)9/h1,4H2,2-3H3,(H,8,9). The van der Waals surface area contributed by atoms with Gasteiger partial charge in [0.1, 0.15) is 5.76 Å². The molecule has 0 heterocycles. The summed E-state index contributed by atoms with van der Waals surface area (Å²) in [6, 6.07) is 0. The van der Waals surface area contributed by atoms with Crippen LogP contribution in [0.15, 0.2) is 12.3 Å². The van der Waals surface area contributed by atoms with E-state index in [-0.39, 0.29) is 18.2 Å². The summed E-state index contributed by atoms with van der Waals surface area (Å²) < 4.78 is 4.55. The van der Waals surface area contributed by atoms with E-state index >= 15 is 0 Å². The molecule has 62 valence electrons. The minimum atomic E-state index is -0.430. The van der Waals surface area contributed by atoms with Crippen LogP contribution in [0.5, 0.6) is 0 Å². The Bertz CT molecular complexity index is 186. The predicted molar refractivity (Wildman–Crippen MR) is 39.6 cm³/mol. The van der Waals surface area contributed by atoms with Crippen LogP contribution < -0.4 is 5.32 Å². The summed E-state index contributed by atoms with van der Waals surface area (Å²) in [5.41, 5.74) is 0. The zero-order chi connectivity index (χ0) is 8.85. The Balaban J connectivity index is 3.53. The fourth-order valence-electron chi connectivity index (χ4n) is 0.462. The highest BCUT2D eigenvalue weighted by atomic mass is 16.5. The van der Waals surface area contributed by atoms with Crippen molar-refractivity contribution in [2.45, 2.75) is 13.8 Å². The van der Waals surface area contributed by atoms with E-state index in [1.54, 1.807) is 0 Å². The molecule has 0 aliphatic carbocycles. The Morgan fingerprint density at radius 2 is 2.00 bits per heavy atom. The number of hydrogen-bond donors (Lipinski definition) is 1. The molecule has 0 unspecified atom stereocenters. The van der Waals surface area contributed by atoms with Crippen LogP contribution in [0, 0.1) is 0 Å². The summed E-state index contributed by atoms with van der Waals surface area (Å²) in [6.07, 6.45) is 0. The first-order valence-electron chi connectivity index (χ1n) is 3.13. The lowest BCUT2D eigenvalue weighted by Crippen LogP contribution is -2.23. The van der Waals surface area contributed by atoms with Gasteiger partial charge in [-0.2, -0.15) is 0 Å². The summed E-state index contributed by atoms with van der Waals surface area (Å²) in [5.74, 6) is -0.369. The van der Waals surface area contributed by atoms with Crippen LogP contribution in [-0.4, -0.2) is 18.4 Å². The average Bonchev–Trinajstić information content (AvgIpc) is 1.82. The highest BCUT2D eigenvalue weighted by molar-refractivity contribution is 5.73. The van der Waals surface area contributed by atoms with Crippen molar-refractivity contribution >= 4 is 11.9 Å². The summed E-state index contributed by atoms with van der Waals surface area (Å²) >= 11 is 0. The number of amides is 1. The van der Waals surface area contributed by atoms with E-state index in [9.17, 15) is 9.59 Å². The van der Waals surface area contributed by atoms with Gasteiger partial charge in [0, 0.05) is 13.8 Å². The maximum absolute atomic E-state index is 10.3. The molecule has 0 bridgehead atoms. The third-order valence-electron chi connectivity index (χ3n) is 0.823. The van der Waals surface area contributed by atoms with Gasteiger partial charge in [-0.05, 0) is 0 Å². The molecular weight excluding hydrogens is 146 g/mol. The summed E-state index contributed by atoms with van der Waals surface area (Å²) in [4.78, 5) is 20.6. The third-order valence-corrected chi connectivity index (χ3v) is 0.823. The zero-order valence-electron chi connectivity index (χ0n) is 6.64. The number of nitrogens with one attached hydrogen (secondary N) is 1. The van der Waals surface area contributed by atoms with E-state index in [4.69, 9.17) is 0 Å². The van der Waals surface area contributed by atoms with Gasteiger partial charge in [0.25, 0.3) is 0 Å². The fourth-order valence-corrected chi connectivity index (χ4v) is 0.462. The number of rotatable bonds is 3. The lowest BCUT2D eigenvalue weighted by molar-refractivity contribution is -0.137. The molecule has 11 heavy (non-hydrogen) atoms. The Morgan fingerprint density at radius 1 is 1.45 bits per heavy atom. The molecule has 4 heteroatoms.